The highest BCUT2D eigenvalue weighted by Gasteiger charge is 1.97. The smallest absolute Gasteiger partial charge is 0.129 e. The third-order valence-electron chi connectivity index (χ3n) is 1.95. The molecule has 0 bridgehead atoms. The van der Waals surface area contributed by atoms with Gasteiger partial charge in [-0.05, 0) is 23.8 Å². The molecule has 0 amide bonds. The molecule has 0 aromatic carbocycles. The van der Waals surface area contributed by atoms with Crippen molar-refractivity contribution in [1.82, 2.24) is 9.97 Å². The maximum atomic E-state index is 5.70. The van der Waals surface area contributed by atoms with Gasteiger partial charge in [-0.1, -0.05) is 17.7 Å². The summed E-state index contributed by atoms with van der Waals surface area (Å²) in [5, 5.41) is 0.517. The van der Waals surface area contributed by atoms with E-state index in [1.54, 1.807) is 36.3 Å². The van der Waals surface area contributed by atoms with Gasteiger partial charge < -0.3 is 5.73 Å². The van der Waals surface area contributed by atoms with Crippen molar-refractivity contribution in [2.24, 2.45) is 0 Å². The number of hydrogen-bond acceptors (Lipinski definition) is 4. The second-order valence-corrected chi connectivity index (χ2v) is 4.63. The average molecular weight is 252 g/mol. The van der Waals surface area contributed by atoms with E-state index in [1.807, 2.05) is 12.1 Å². The van der Waals surface area contributed by atoms with Gasteiger partial charge in [-0.25, -0.2) is 9.97 Å². The zero-order valence-electron chi connectivity index (χ0n) is 8.43. The highest BCUT2D eigenvalue weighted by Crippen LogP contribution is 2.22. The fraction of sp³-hybridized carbons (Fsp3) is 0.0909. The topological polar surface area (TPSA) is 51.8 Å². The molecule has 5 heteroatoms. The van der Waals surface area contributed by atoms with Crippen LogP contribution in [0.5, 0.6) is 0 Å². The van der Waals surface area contributed by atoms with E-state index in [4.69, 9.17) is 17.3 Å². The Bertz CT molecular complexity index is 410. The molecular formula is C11H10ClN3S. The Morgan fingerprint density at radius 3 is 2.62 bits per heavy atom. The Labute approximate surface area is 103 Å². The summed E-state index contributed by atoms with van der Waals surface area (Å²) in [5.41, 5.74) is 6.64. The second kappa shape index (κ2) is 5.18. The van der Waals surface area contributed by atoms with Crippen LogP contribution in [0.15, 0.2) is 41.6 Å². The van der Waals surface area contributed by atoms with E-state index in [-0.39, 0.29) is 0 Å². The number of nitrogens with two attached hydrogens (primary N) is 1. The van der Waals surface area contributed by atoms with Gasteiger partial charge in [0, 0.05) is 23.0 Å². The molecule has 0 unspecified atom stereocenters. The Morgan fingerprint density at radius 2 is 2.00 bits per heavy atom. The van der Waals surface area contributed by atoms with Gasteiger partial charge in [-0.2, -0.15) is 0 Å². The summed E-state index contributed by atoms with van der Waals surface area (Å²) >= 11 is 7.39. The molecule has 2 heterocycles. The maximum Gasteiger partial charge on any atom is 0.129 e. The first kappa shape index (κ1) is 11.2. The van der Waals surface area contributed by atoms with Crippen LogP contribution in [0.4, 0.5) is 5.82 Å². The predicted molar refractivity (Wildman–Crippen MR) is 67.5 cm³/mol. The van der Waals surface area contributed by atoms with Crippen LogP contribution in [0.2, 0.25) is 5.15 Å². The van der Waals surface area contributed by atoms with Gasteiger partial charge in [-0.15, -0.1) is 11.8 Å². The molecule has 2 aromatic heterocycles. The Balaban J connectivity index is 1.97. The Hall–Kier alpha value is -1.26. The summed E-state index contributed by atoms with van der Waals surface area (Å²) < 4.78 is 0. The number of anilines is 1. The average Bonchev–Trinajstić information content (AvgIpc) is 2.30. The molecule has 0 saturated carbocycles. The third-order valence-corrected chi connectivity index (χ3v) is 3.23. The summed E-state index contributed by atoms with van der Waals surface area (Å²) in [6.45, 7) is 0. The molecule has 0 radical (unpaired) electrons. The fourth-order valence-corrected chi connectivity index (χ4v) is 2.04. The van der Waals surface area contributed by atoms with Crippen molar-refractivity contribution < 1.29 is 0 Å². The summed E-state index contributed by atoms with van der Waals surface area (Å²) in [7, 11) is 0. The van der Waals surface area contributed by atoms with Gasteiger partial charge >= 0.3 is 0 Å². The lowest BCUT2D eigenvalue weighted by Crippen LogP contribution is -1.88. The molecule has 0 spiro atoms. The van der Waals surface area contributed by atoms with Gasteiger partial charge in [0.1, 0.15) is 11.0 Å². The maximum absolute atomic E-state index is 5.70. The first-order valence-electron chi connectivity index (χ1n) is 4.69. The fourth-order valence-electron chi connectivity index (χ4n) is 1.14. The first-order chi connectivity index (χ1) is 7.74. The van der Waals surface area contributed by atoms with E-state index < -0.39 is 0 Å². The molecule has 3 nitrogen and oxygen atoms in total. The molecule has 0 aliphatic carbocycles. The molecule has 2 N–H and O–H groups in total. The van der Waals surface area contributed by atoms with Crippen LogP contribution in [0.25, 0.3) is 0 Å². The zero-order valence-corrected chi connectivity index (χ0v) is 10.0. The van der Waals surface area contributed by atoms with Crippen molar-refractivity contribution in [3.8, 4) is 0 Å². The van der Waals surface area contributed by atoms with Gasteiger partial charge in [-0.3, -0.25) is 0 Å². The number of rotatable bonds is 3. The van der Waals surface area contributed by atoms with E-state index in [9.17, 15) is 0 Å². The van der Waals surface area contributed by atoms with Crippen molar-refractivity contribution in [3.63, 3.8) is 0 Å². The summed E-state index contributed by atoms with van der Waals surface area (Å²) in [4.78, 5) is 9.13. The summed E-state index contributed by atoms with van der Waals surface area (Å²) in [5.74, 6) is 1.38. The number of nitrogen functional groups attached to an aromatic ring is 1. The first-order valence-corrected chi connectivity index (χ1v) is 6.05. The third kappa shape index (κ3) is 3.12. The van der Waals surface area contributed by atoms with E-state index in [1.165, 1.54) is 0 Å². The van der Waals surface area contributed by atoms with Crippen molar-refractivity contribution in [1.29, 1.82) is 0 Å². The van der Waals surface area contributed by atoms with Crippen LogP contribution in [0, 0.1) is 0 Å². The number of aromatic nitrogens is 2. The lowest BCUT2D eigenvalue weighted by Gasteiger charge is -2.01. The number of pyridine rings is 2. The molecule has 0 aliphatic rings. The summed E-state index contributed by atoms with van der Waals surface area (Å²) in [6.07, 6.45) is 3.55. The standard InChI is InChI=1S/C11H10ClN3S/c12-10-3-1-8(5-14-10)7-16-9-2-4-11(13)15-6-9/h1-6H,7H2,(H2,13,15). The monoisotopic (exact) mass is 251 g/mol. The van der Waals surface area contributed by atoms with Crippen LogP contribution in [0.3, 0.4) is 0 Å². The van der Waals surface area contributed by atoms with E-state index in [0.717, 1.165) is 16.2 Å². The molecule has 0 atom stereocenters. The molecule has 16 heavy (non-hydrogen) atoms. The number of nitrogens with zero attached hydrogens (tertiary/aromatic N) is 2. The number of thioether (sulfide) groups is 1. The minimum atomic E-state index is 0.517. The van der Waals surface area contributed by atoms with Crippen molar-refractivity contribution in [3.05, 3.63) is 47.4 Å². The van der Waals surface area contributed by atoms with Crippen LogP contribution >= 0.6 is 23.4 Å². The molecule has 2 rings (SSSR count). The SMILES string of the molecule is Nc1ccc(SCc2ccc(Cl)nc2)cn1. The highest BCUT2D eigenvalue weighted by molar-refractivity contribution is 7.98. The minimum Gasteiger partial charge on any atom is -0.384 e. The molecule has 0 fully saturated rings. The van der Waals surface area contributed by atoms with E-state index in [2.05, 4.69) is 9.97 Å². The zero-order chi connectivity index (χ0) is 11.4. The van der Waals surface area contributed by atoms with E-state index >= 15 is 0 Å². The molecule has 0 saturated heterocycles. The summed E-state index contributed by atoms with van der Waals surface area (Å²) in [6, 6.07) is 7.50. The largest absolute Gasteiger partial charge is 0.384 e. The van der Waals surface area contributed by atoms with Gasteiger partial charge in [0.25, 0.3) is 0 Å². The van der Waals surface area contributed by atoms with Crippen LogP contribution in [-0.4, -0.2) is 9.97 Å². The van der Waals surface area contributed by atoms with Crippen LogP contribution in [-0.2, 0) is 5.75 Å². The minimum absolute atomic E-state index is 0.517. The second-order valence-electron chi connectivity index (χ2n) is 3.20. The van der Waals surface area contributed by atoms with Crippen molar-refractivity contribution in [2.75, 3.05) is 5.73 Å². The lowest BCUT2D eigenvalue weighted by molar-refractivity contribution is 1.23. The van der Waals surface area contributed by atoms with Gasteiger partial charge in [0.15, 0.2) is 0 Å². The number of halogens is 1. The van der Waals surface area contributed by atoms with Crippen molar-refractivity contribution in [2.45, 2.75) is 10.6 Å². The van der Waals surface area contributed by atoms with Gasteiger partial charge in [0.2, 0.25) is 0 Å². The normalized spacial score (nSPS) is 10.3. The van der Waals surface area contributed by atoms with Crippen molar-refractivity contribution >= 4 is 29.2 Å². The number of hydrogen-bond donors (Lipinski definition) is 1. The molecule has 2 aromatic rings. The molecule has 0 aliphatic heterocycles. The molecular weight excluding hydrogens is 242 g/mol. The molecule has 82 valence electrons. The predicted octanol–water partition coefficient (Wildman–Crippen LogP) is 3.00. The van der Waals surface area contributed by atoms with Gasteiger partial charge in [0.05, 0.1) is 0 Å². The highest BCUT2D eigenvalue weighted by atomic mass is 35.5. The lowest BCUT2D eigenvalue weighted by atomic mass is 10.3. The Morgan fingerprint density at radius 1 is 1.12 bits per heavy atom. The van der Waals surface area contributed by atoms with Crippen LogP contribution < -0.4 is 5.73 Å². The quantitative estimate of drug-likeness (QED) is 0.673. The van der Waals surface area contributed by atoms with E-state index in [0.29, 0.717) is 11.0 Å². The Kier molecular flexibility index (Phi) is 3.64. The van der Waals surface area contributed by atoms with Crippen LogP contribution in [0.1, 0.15) is 5.56 Å².